The standard InChI is InChI=1S/C14H20BrNO3/c1-11(14(17)18-3)10-16(2)8-9-19-13-6-4-12(15)5-7-13/h4-7,11H,8-10H2,1-3H3. The Morgan fingerprint density at radius 3 is 2.58 bits per heavy atom. The second kappa shape index (κ2) is 8.17. The smallest absolute Gasteiger partial charge is 0.309 e. The molecule has 1 atom stereocenters. The summed E-state index contributed by atoms with van der Waals surface area (Å²) in [6.45, 7) is 3.87. The summed E-state index contributed by atoms with van der Waals surface area (Å²) in [6, 6.07) is 7.72. The van der Waals surface area contributed by atoms with E-state index in [1.54, 1.807) is 0 Å². The SMILES string of the molecule is COC(=O)C(C)CN(C)CCOc1ccc(Br)cc1. The van der Waals surface area contributed by atoms with E-state index in [2.05, 4.69) is 20.8 Å². The van der Waals surface area contributed by atoms with Gasteiger partial charge in [-0.05, 0) is 31.3 Å². The third-order valence-corrected chi connectivity index (χ3v) is 3.27. The van der Waals surface area contributed by atoms with Gasteiger partial charge in [-0.25, -0.2) is 0 Å². The molecule has 0 radical (unpaired) electrons. The summed E-state index contributed by atoms with van der Waals surface area (Å²) in [5.74, 6) is 0.543. The van der Waals surface area contributed by atoms with Crippen molar-refractivity contribution in [3.63, 3.8) is 0 Å². The molecule has 19 heavy (non-hydrogen) atoms. The van der Waals surface area contributed by atoms with E-state index in [9.17, 15) is 4.79 Å². The maximum absolute atomic E-state index is 11.3. The first-order chi connectivity index (χ1) is 9.02. The summed E-state index contributed by atoms with van der Waals surface area (Å²) in [5, 5.41) is 0. The molecule has 1 rings (SSSR count). The normalized spacial score (nSPS) is 12.3. The topological polar surface area (TPSA) is 38.8 Å². The van der Waals surface area contributed by atoms with Gasteiger partial charge in [0.15, 0.2) is 0 Å². The van der Waals surface area contributed by atoms with Gasteiger partial charge in [0.2, 0.25) is 0 Å². The number of ether oxygens (including phenoxy) is 2. The van der Waals surface area contributed by atoms with Crippen LogP contribution < -0.4 is 4.74 Å². The molecule has 0 aromatic heterocycles. The molecule has 106 valence electrons. The number of likely N-dealkylation sites (N-methyl/N-ethyl adjacent to an activating group) is 1. The van der Waals surface area contributed by atoms with Crippen molar-refractivity contribution in [1.29, 1.82) is 0 Å². The lowest BCUT2D eigenvalue weighted by Crippen LogP contribution is -2.32. The highest BCUT2D eigenvalue weighted by atomic mass is 79.9. The molecular formula is C14H20BrNO3. The zero-order valence-corrected chi connectivity index (χ0v) is 13.1. The molecule has 5 heteroatoms. The number of carbonyl (C=O) groups is 1. The first-order valence-corrected chi connectivity index (χ1v) is 6.97. The minimum atomic E-state index is -0.180. The lowest BCUT2D eigenvalue weighted by molar-refractivity contribution is -0.145. The average Bonchev–Trinajstić information content (AvgIpc) is 2.40. The van der Waals surface area contributed by atoms with Gasteiger partial charge in [0, 0.05) is 17.6 Å². The van der Waals surface area contributed by atoms with Crippen LogP contribution in [0.5, 0.6) is 5.75 Å². The van der Waals surface area contributed by atoms with Gasteiger partial charge >= 0.3 is 5.97 Å². The Hall–Kier alpha value is -1.07. The lowest BCUT2D eigenvalue weighted by Gasteiger charge is -2.19. The van der Waals surface area contributed by atoms with Crippen molar-refractivity contribution >= 4 is 21.9 Å². The molecule has 0 heterocycles. The summed E-state index contributed by atoms with van der Waals surface area (Å²) in [7, 11) is 3.37. The van der Waals surface area contributed by atoms with Crippen molar-refractivity contribution < 1.29 is 14.3 Å². The molecule has 0 aliphatic rings. The predicted octanol–water partition coefficient (Wildman–Crippen LogP) is 2.57. The number of esters is 1. The van der Waals surface area contributed by atoms with Gasteiger partial charge in [0.05, 0.1) is 13.0 Å². The van der Waals surface area contributed by atoms with E-state index in [0.29, 0.717) is 13.2 Å². The van der Waals surface area contributed by atoms with Gasteiger partial charge in [-0.1, -0.05) is 22.9 Å². The molecule has 0 aliphatic carbocycles. The van der Waals surface area contributed by atoms with Crippen molar-refractivity contribution in [1.82, 2.24) is 4.90 Å². The Morgan fingerprint density at radius 1 is 1.37 bits per heavy atom. The molecule has 1 unspecified atom stereocenters. The Balaban J connectivity index is 2.25. The highest BCUT2D eigenvalue weighted by Crippen LogP contribution is 2.15. The van der Waals surface area contributed by atoms with E-state index in [4.69, 9.17) is 9.47 Å². The van der Waals surface area contributed by atoms with Crippen molar-refractivity contribution in [3.8, 4) is 5.75 Å². The minimum absolute atomic E-state index is 0.123. The van der Waals surface area contributed by atoms with Crippen molar-refractivity contribution in [2.24, 2.45) is 5.92 Å². The lowest BCUT2D eigenvalue weighted by atomic mass is 10.2. The molecule has 0 saturated heterocycles. The quantitative estimate of drug-likeness (QED) is 0.721. The fraction of sp³-hybridized carbons (Fsp3) is 0.500. The molecular weight excluding hydrogens is 310 g/mol. The predicted molar refractivity (Wildman–Crippen MR) is 78.3 cm³/mol. The van der Waals surface area contributed by atoms with Gasteiger partial charge in [0.1, 0.15) is 12.4 Å². The first kappa shape index (κ1) is 16.0. The molecule has 0 aliphatic heterocycles. The number of halogens is 1. The highest BCUT2D eigenvalue weighted by molar-refractivity contribution is 9.10. The van der Waals surface area contributed by atoms with Gasteiger partial charge in [-0.3, -0.25) is 4.79 Å². The second-order valence-electron chi connectivity index (χ2n) is 4.49. The molecule has 4 nitrogen and oxygen atoms in total. The Morgan fingerprint density at radius 2 is 2.00 bits per heavy atom. The largest absolute Gasteiger partial charge is 0.492 e. The third-order valence-electron chi connectivity index (χ3n) is 2.74. The van der Waals surface area contributed by atoms with Crippen molar-refractivity contribution in [2.45, 2.75) is 6.92 Å². The van der Waals surface area contributed by atoms with Crippen LogP contribution in [-0.2, 0) is 9.53 Å². The van der Waals surface area contributed by atoms with E-state index in [-0.39, 0.29) is 11.9 Å². The Labute approximate surface area is 122 Å². The molecule has 0 N–H and O–H groups in total. The maximum Gasteiger partial charge on any atom is 0.309 e. The number of hydrogen-bond donors (Lipinski definition) is 0. The number of benzene rings is 1. The van der Waals surface area contributed by atoms with Crippen LogP contribution in [0.3, 0.4) is 0 Å². The van der Waals surface area contributed by atoms with E-state index < -0.39 is 0 Å². The van der Waals surface area contributed by atoms with E-state index in [1.807, 2.05) is 38.2 Å². The zero-order chi connectivity index (χ0) is 14.3. The molecule has 0 bridgehead atoms. The van der Waals surface area contributed by atoms with Gasteiger partial charge in [-0.15, -0.1) is 0 Å². The summed E-state index contributed by atoms with van der Waals surface area (Å²) >= 11 is 3.38. The average molecular weight is 330 g/mol. The van der Waals surface area contributed by atoms with Crippen LogP contribution in [0, 0.1) is 5.92 Å². The number of rotatable bonds is 7. The third kappa shape index (κ3) is 6.07. The molecule has 0 fully saturated rings. The number of carbonyl (C=O) groups excluding carboxylic acids is 1. The summed E-state index contributed by atoms with van der Waals surface area (Å²) in [5.41, 5.74) is 0. The van der Waals surface area contributed by atoms with Crippen LogP contribution >= 0.6 is 15.9 Å². The second-order valence-corrected chi connectivity index (χ2v) is 5.40. The molecule has 1 aromatic carbocycles. The molecule has 1 aromatic rings. The van der Waals surface area contributed by atoms with Gasteiger partial charge in [0.25, 0.3) is 0 Å². The Bertz CT molecular complexity index is 394. The van der Waals surface area contributed by atoms with E-state index >= 15 is 0 Å². The monoisotopic (exact) mass is 329 g/mol. The summed E-state index contributed by atoms with van der Waals surface area (Å²) < 4.78 is 11.3. The van der Waals surface area contributed by atoms with Crippen LogP contribution in [0.2, 0.25) is 0 Å². The number of hydrogen-bond acceptors (Lipinski definition) is 4. The summed E-state index contributed by atoms with van der Waals surface area (Å²) in [4.78, 5) is 13.3. The van der Waals surface area contributed by atoms with Crippen molar-refractivity contribution in [3.05, 3.63) is 28.7 Å². The minimum Gasteiger partial charge on any atom is -0.492 e. The van der Waals surface area contributed by atoms with Crippen LogP contribution in [0.4, 0.5) is 0 Å². The fourth-order valence-electron chi connectivity index (χ4n) is 1.68. The zero-order valence-electron chi connectivity index (χ0n) is 11.6. The first-order valence-electron chi connectivity index (χ1n) is 6.17. The number of methoxy groups -OCH3 is 1. The van der Waals surface area contributed by atoms with Crippen LogP contribution in [0.25, 0.3) is 0 Å². The van der Waals surface area contributed by atoms with Crippen LogP contribution in [-0.4, -0.2) is 44.7 Å². The Kier molecular flexibility index (Phi) is 6.87. The van der Waals surface area contributed by atoms with Crippen molar-refractivity contribution in [2.75, 3.05) is 33.9 Å². The molecule has 0 saturated carbocycles. The maximum atomic E-state index is 11.3. The van der Waals surface area contributed by atoms with Gasteiger partial charge in [-0.2, -0.15) is 0 Å². The highest BCUT2D eigenvalue weighted by Gasteiger charge is 2.15. The van der Waals surface area contributed by atoms with Gasteiger partial charge < -0.3 is 14.4 Å². The summed E-state index contributed by atoms with van der Waals surface area (Å²) in [6.07, 6.45) is 0. The molecule has 0 spiro atoms. The molecule has 0 amide bonds. The van der Waals surface area contributed by atoms with Crippen LogP contribution in [0.15, 0.2) is 28.7 Å². The van der Waals surface area contributed by atoms with Crippen LogP contribution in [0.1, 0.15) is 6.92 Å². The number of nitrogens with zero attached hydrogens (tertiary/aromatic N) is 1. The van der Waals surface area contributed by atoms with E-state index in [1.165, 1.54) is 7.11 Å². The fourth-order valence-corrected chi connectivity index (χ4v) is 1.95. The van der Waals surface area contributed by atoms with E-state index in [0.717, 1.165) is 16.8 Å².